The van der Waals surface area contributed by atoms with E-state index in [0.717, 1.165) is 21.8 Å². The summed E-state index contributed by atoms with van der Waals surface area (Å²) in [4.78, 5) is 14.8. The quantitative estimate of drug-likeness (QED) is 0.197. The van der Waals surface area contributed by atoms with Gasteiger partial charge in [0.15, 0.2) is 16.7 Å². The molecule has 7 nitrogen and oxygen atoms in total. The van der Waals surface area contributed by atoms with Gasteiger partial charge in [-0.25, -0.2) is 0 Å². The number of methoxy groups -OCH3 is 1. The Morgan fingerprint density at radius 1 is 1.11 bits per heavy atom. The molecule has 3 aromatic rings. The predicted molar refractivity (Wildman–Crippen MR) is 155 cm³/mol. The molecular formula is C27H22BrClN2O5S2. The lowest BCUT2D eigenvalue weighted by Gasteiger charge is -2.13. The number of rotatable bonds is 9. The maximum absolute atomic E-state index is 13.2. The number of nitrogens with zero attached hydrogens (tertiary/aromatic N) is 2. The largest absolute Gasteiger partial charge is 0.493 e. The predicted octanol–water partition coefficient (Wildman–Crippen LogP) is 6.54. The first-order chi connectivity index (χ1) is 18.2. The number of hydrogen-bond donors (Lipinski definition) is 0. The third-order valence-electron chi connectivity index (χ3n) is 5.34. The van der Waals surface area contributed by atoms with E-state index in [2.05, 4.69) is 26.9 Å². The molecule has 0 bridgehead atoms. The number of amides is 1. The molecule has 196 valence electrons. The van der Waals surface area contributed by atoms with Gasteiger partial charge in [-0.05, 0) is 65.9 Å². The van der Waals surface area contributed by atoms with Gasteiger partial charge in [-0.1, -0.05) is 57.9 Å². The van der Waals surface area contributed by atoms with Crippen molar-refractivity contribution >= 4 is 66.5 Å². The van der Waals surface area contributed by atoms with Crippen LogP contribution in [0.5, 0.6) is 11.5 Å². The summed E-state index contributed by atoms with van der Waals surface area (Å²) in [7, 11) is -2.51. The van der Waals surface area contributed by atoms with Crippen molar-refractivity contribution in [2.24, 2.45) is 4.40 Å². The van der Waals surface area contributed by atoms with Gasteiger partial charge < -0.3 is 9.47 Å². The van der Waals surface area contributed by atoms with Crippen molar-refractivity contribution in [2.45, 2.75) is 11.5 Å². The highest BCUT2D eigenvalue weighted by molar-refractivity contribution is 9.10. The summed E-state index contributed by atoms with van der Waals surface area (Å²) in [6.07, 6.45) is 3.16. The average molecular weight is 634 g/mol. The first kappa shape index (κ1) is 28.0. The van der Waals surface area contributed by atoms with Crippen LogP contribution in [0, 0.1) is 0 Å². The van der Waals surface area contributed by atoms with Crippen LogP contribution >= 0.6 is 39.3 Å². The summed E-state index contributed by atoms with van der Waals surface area (Å²) in [5.41, 5.74) is 1.47. The molecule has 38 heavy (non-hydrogen) atoms. The van der Waals surface area contributed by atoms with E-state index in [1.165, 1.54) is 30.2 Å². The number of hydrogen-bond acceptors (Lipinski definition) is 6. The topological polar surface area (TPSA) is 85.3 Å². The summed E-state index contributed by atoms with van der Waals surface area (Å²) < 4.78 is 41.9. The average Bonchev–Trinajstić information content (AvgIpc) is 3.17. The molecule has 0 unspecified atom stereocenters. The zero-order valence-corrected chi connectivity index (χ0v) is 24.1. The molecule has 0 atom stereocenters. The van der Waals surface area contributed by atoms with Crippen LogP contribution in [0.15, 0.2) is 98.1 Å². The van der Waals surface area contributed by atoms with E-state index in [-0.39, 0.29) is 29.1 Å². The zero-order valence-electron chi connectivity index (χ0n) is 20.1. The maximum atomic E-state index is 13.2. The van der Waals surface area contributed by atoms with Gasteiger partial charge in [-0.3, -0.25) is 9.69 Å². The van der Waals surface area contributed by atoms with Gasteiger partial charge in [0.25, 0.3) is 15.9 Å². The van der Waals surface area contributed by atoms with E-state index in [9.17, 15) is 13.2 Å². The number of carbonyl (C=O) groups is 1. The maximum Gasteiger partial charge on any atom is 0.284 e. The summed E-state index contributed by atoms with van der Waals surface area (Å²) in [5, 5.41) is 0.637. The number of sulfonamides is 1. The lowest BCUT2D eigenvalue weighted by molar-refractivity contribution is -0.121. The van der Waals surface area contributed by atoms with Crippen LogP contribution in [-0.4, -0.2) is 38.0 Å². The molecular weight excluding hydrogens is 612 g/mol. The van der Waals surface area contributed by atoms with E-state index in [0.29, 0.717) is 27.0 Å². The highest BCUT2D eigenvalue weighted by atomic mass is 79.9. The van der Waals surface area contributed by atoms with E-state index in [4.69, 9.17) is 21.1 Å². The second-order valence-corrected chi connectivity index (χ2v) is 11.8. The molecule has 0 saturated carbocycles. The minimum atomic E-state index is -4.04. The normalized spacial score (nSPS) is 15.8. The molecule has 1 aliphatic rings. The van der Waals surface area contributed by atoms with Gasteiger partial charge in [0, 0.05) is 21.6 Å². The molecule has 0 aliphatic carbocycles. The molecule has 1 heterocycles. The van der Waals surface area contributed by atoms with Crippen LogP contribution in [0.3, 0.4) is 0 Å². The zero-order chi connectivity index (χ0) is 27.3. The van der Waals surface area contributed by atoms with Gasteiger partial charge >= 0.3 is 0 Å². The summed E-state index contributed by atoms with van der Waals surface area (Å²) in [6, 6.07) is 18.7. The molecule has 0 aromatic heterocycles. The van der Waals surface area contributed by atoms with Crippen molar-refractivity contribution in [1.29, 1.82) is 0 Å². The highest BCUT2D eigenvalue weighted by Gasteiger charge is 2.34. The monoisotopic (exact) mass is 632 g/mol. The summed E-state index contributed by atoms with van der Waals surface area (Å²) in [6.45, 7) is 4.00. The molecule has 1 aliphatic heterocycles. The third-order valence-corrected chi connectivity index (χ3v) is 8.64. The molecule has 4 rings (SSSR count). The van der Waals surface area contributed by atoms with Gasteiger partial charge in [-0.15, -0.1) is 11.0 Å². The SMILES string of the molecule is C=CCN1C(=O)C(=Cc2ccc(OC)c(OCc3ccccc3Cl)c2)SC1=NS(=O)(=O)c1ccc(Br)cc1. The van der Waals surface area contributed by atoms with E-state index in [1.807, 2.05) is 18.2 Å². The Hall–Kier alpha value is -3.05. The summed E-state index contributed by atoms with van der Waals surface area (Å²) >= 11 is 10.5. The number of ether oxygens (including phenoxy) is 2. The molecule has 1 saturated heterocycles. The fourth-order valence-electron chi connectivity index (χ4n) is 3.45. The standard InChI is InChI=1S/C27H22BrClN2O5S2/c1-3-14-31-26(32)25(37-27(31)30-38(33,34)21-11-9-20(28)10-12-21)16-18-8-13-23(35-2)24(15-18)36-17-19-6-4-5-7-22(19)29/h3-13,15-16H,1,14,17H2,2H3. The first-order valence-electron chi connectivity index (χ1n) is 11.2. The number of thioether (sulfide) groups is 1. The van der Waals surface area contributed by atoms with Crippen LogP contribution < -0.4 is 9.47 Å². The number of amidine groups is 1. The van der Waals surface area contributed by atoms with Crippen molar-refractivity contribution in [1.82, 2.24) is 4.90 Å². The van der Waals surface area contributed by atoms with Crippen LogP contribution in [0.4, 0.5) is 0 Å². The smallest absolute Gasteiger partial charge is 0.284 e. The molecule has 1 amide bonds. The van der Waals surface area contributed by atoms with Crippen LogP contribution in [-0.2, 0) is 21.4 Å². The van der Waals surface area contributed by atoms with Crippen molar-refractivity contribution in [2.75, 3.05) is 13.7 Å². The number of benzene rings is 3. The Labute approximate surface area is 239 Å². The Morgan fingerprint density at radius 3 is 2.53 bits per heavy atom. The summed E-state index contributed by atoms with van der Waals surface area (Å²) in [5.74, 6) is 0.599. The van der Waals surface area contributed by atoms with Gasteiger partial charge in [0.2, 0.25) is 0 Å². The molecule has 0 spiro atoms. The highest BCUT2D eigenvalue weighted by Crippen LogP contribution is 2.36. The van der Waals surface area contributed by atoms with Crippen molar-refractivity contribution in [3.63, 3.8) is 0 Å². The number of carbonyl (C=O) groups excluding carboxylic acids is 1. The Balaban J connectivity index is 1.63. The van der Waals surface area contributed by atoms with Gasteiger partial charge in [0.05, 0.1) is 16.9 Å². The second kappa shape index (κ2) is 12.2. The van der Waals surface area contributed by atoms with Crippen LogP contribution in [0.1, 0.15) is 11.1 Å². The minimum Gasteiger partial charge on any atom is -0.493 e. The van der Waals surface area contributed by atoms with E-state index < -0.39 is 10.0 Å². The Morgan fingerprint density at radius 2 is 1.84 bits per heavy atom. The fraction of sp³-hybridized carbons (Fsp3) is 0.111. The first-order valence-corrected chi connectivity index (χ1v) is 14.6. The van der Waals surface area contributed by atoms with Gasteiger partial charge in [0.1, 0.15) is 6.61 Å². The van der Waals surface area contributed by atoms with Crippen molar-refractivity contribution < 1.29 is 22.7 Å². The molecule has 11 heteroatoms. The number of halogens is 2. The lowest BCUT2D eigenvalue weighted by Crippen LogP contribution is -2.29. The van der Waals surface area contributed by atoms with Crippen molar-refractivity contribution in [3.8, 4) is 11.5 Å². The minimum absolute atomic E-state index is 0.0210. The molecule has 3 aromatic carbocycles. The second-order valence-electron chi connectivity index (χ2n) is 7.91. The van der Waals surface area contributed by atoms with E-state index in [1.54, 1.807) is 42.5 Å². The Bertz CT molecular complexity index is 1540. The van der Waals surface area contributed by atoms with E-state index >= 15 is 0 Å². The molecule has 1 fully saturated rings. The lowest BCUT2D eigenvalue weighted by atomic mass is 10.1. The van der Waals surface area contributed by atoms with Crippen molar-refractivity contribution in [3.05, 3.63) is 105 Å². The van der Waals surface area contributed by atoms with Gasteiger partial charge in [-0.2, -0.15) is 8.42 Å². The van der Waals surface area contributed by atoms with Crippen LogP contribution in [0.25, 0.3) is 6.08 Å². The Kier molecular flexibility index (Phi) is 8.99. The fourth-order valence-corrected chi connectivity index (χ4v) is 6.09. The van der Waals surface area contributed by atoms with Crippen LogP contribution in [0.2, 0.25) is 5.02 Å². The third kappa shape index (κ3) is 6.50. The molecule has 0 radical (unpaired) electrons. The molecule has 0 N–H and O–H groups in total.